The van der Waals surface area contributed by atoms with Gasteiger partial charge < -0.3 is 10.6 Å². The van der Waals surface area contributed by atoms with Crippen molar-refractivity contribution in [2.24, 2.45) is 5.92 Å². The van der Waals surface area contributed by atoms with Gasteiger partial charge >= 0.3 is 0 Å². The van der Waals surface area contributed by atoms with E-state index in [1.54, 1.807) is 0 Å². The Bertz CT molecular complexity index is 238. The highest BCUT2D eigenvalue weighted by Gasteiger charge is 2.34. The smallest absolute Gasteiger partial charge is 0.223 e. The number of fused-ring (bicyclic) bond motifs is 2. The zero-order valence-electron chi connectivity index (χ0n) is 10.5. The summed E-state index contributed by atoms with van der Waals surface area (Å²) in [5.74, 6) is 0.490. The van der Waals surface area contributed by atoms with Crippen LogP contribution in [0.4, 0.5) is 0 Å². The fourth-order valence-electron chi connectivity index (χ4n) is 3.15. The summed E-state index contributed by atoms with van der Waals surface area (Å²) in [5, 5.41) is 6.84. The van der Waals surface area contributed by atoms with Gasteiger partial charge in [-0.3, -0.25) is 4.79 Å². The number of carbonyl (C=O) groups excluding carboxylic acids is 1. The highest BCUT2D eigenvalue weighted by Crippen LogP contribution is 2.27. The molecule has 0 aromatic carbocycles. The van der Waals surface area contributed by atoms with Crippen LogP contribution in [0, 0.1) is 5.92 Å². The molecule has 2 saturated heterocycles. The monoisotopic (exact) mass is 224 g/mol. The van der Waals surface area contributed by atoms with Gasteiger partial charge in [0.25, 0.3) is 0 Å². The fraction of sp³-hybridized carbons (Fsp3) is 0.923. The summed E-state index contributed by atoms with van der Waals surface area (Å²) in [5.41, 5.74) is 0. The molecular weight excluding hydrogens is 200 g/mol. The van der Waals surface area contributed by atoms with Crippen molar-refractivity contribution >= 4 is 5.91 Å². The summed E-state index contributed by atoms with van der Waals surface area (Å²) in [4.78, 5) is 12.0. The molecule has 2 bridgehead atoms. The van der Waals surface area contributed by atoms with Gasteiger partial charge in [0.05, 0.1) is 0 Å². The minimum Gasteiger partial charge on any atom is -0.353 e. The molecule has 3 nitrogen and oxygen atoms in total. The first-order valence-electron chi connectivity index (χ1n) is 6.79. The Morgan fingerprint density at radius 1 is 1.25 bits per heavy atom. The van der Waals surface area contributed by atoms with Crippen molar-refractivity contribution < 1.29 is 4.79 Å². The van der Waals surface area contributed by atoms with E-state index in [1.165, 1.54) is 12.8 Å². The van der Waals surface area contributed by atoms with Crippen molar-refractivity contribution in [2.75, 3.05) is 0 Å². The normalized spacial score (nSPS) is 33.1. The van der Waals surface area contributed by atoms with Gasteiger partial charge in [-0.15, -0.1) is 0 Å². The van der Waals surface area contributed by atoms with Gasteiger partial charge in [0.15, 0.2) is 0 Å². The highest BCUT2D eigenvalue weighted by atomic mass is 16.1. The zero-order chi connectivity index (χ0) is 11.5. The van der Waals surface area contributed by atoms with Crippen LogP contribution >= 0.6 is 0 Å². The first-order valence-corrected chi connectivity index (χ1v) is 6.79. The summed E-state index contributed by atoms with van der Waals surface area (Å²) >= 11 is 0. The average Bonchev–Trinajstić information content (AvgIpc) is 2.60. The fourth-order valence-corrected chi connectivity index (χ4v) is 3.15. The van der Waals surface area contributed by atoms with Gasteiger partial charge in [-0.2, -0.15) is 0 Å². The second-order valence-electron chi connectivity index (χ2n) is 5.33. The molecule has 2 aliphatic rings. The van der Waals surface area contributed by atoms with Crippen LogP contribution in [-0.4, -0.2) is 24.0 Å². The second kappa shape index (κ2) is 5.17. The maximum atomic E-state index is 12.0. The SMILES string of the molecule is CCC(CC)C(=O)NC1CC2CCC(C1)N2. The predicted octanol–water partition coefficient (Wildman–Crippen LogP) is 1.82. The molecule has 2 heterocycles. The van der Waals surface area contributed by atoms with Gasteiger partial charge in [-0.1, -0.05) is 13.8 Å². The molecule has 0 radical (unpaired) electrons. The van der Waals surface area contributed by atoms with Crippen LogP contribution in [0.1, 0.15) is 52.4 Å². The minimum absolute atomic E-state index is 0.215. The maximum absolute atomic E-state index is 12.0. The lowest BCUT2D eigenvalue weighted by atomic mass is 9.97. The summed E-state index contributed by atoms with van der Waals surface area (Å²) in [6, 6.07) is 1.74. The molecule has 1 amide bonds. The quantitative estimate of drug-likeness (QED) is 0.765. The molecule has 0 aliphatic carbocycles. The number of nitrogens with one attached hydrogen (secondary N) is 2. The lowest BCUT2D eigenvalue weighted by Gasteiger charge is -2.30. The predicted molar refractivity (Wildman–Crippen MR) is 65.2 cm³/mol. The summed E-state index contributed by atoms with van der Waals surface area (Å²) in [7, 11) is 0. The van der Waals surface area contributed by atoms with Crippen LogP contribution in [0.2, 0.25) is 0 Å². The van der Waals surface area contributed by atoms with E-state index in [-0.39, 0.29) is 11.8 Å². The van der Waals surface area contributed by atoms with E-state index >= 15 is 0 Å². The zero-order valence-corrected chi connectivity index (χ0v) is 10.5. The first-order chi connectivity index (χ1) is 7.72. The maximum Gasteiger partial charge on any atom is 0.223 e. The number of carbonyl (C=O) groups is 1. The molecular formula is C13H24N2O. The van der Waals surface area contributed by atoms with E-state index in [2.05, 4.69) is 24.5 Å². The number of hydrogen-bond acceptors (Lipinski definition) is 2. The highest BCUT2D eigenvalue weighted by molar-refractivity contribution is 5.78. The minimum atomic E-state index is 0.215. The standard InChI is InChI=1S/C13H24N2O/c1-3-9(4-2)13(16)15-12-7-10-5-6-11(8-12)14-10/h9-12,14H,3-8H2,1-2H3,(H,15,16). The van der Waals surface area contributed by atoms with Crippen LogP contribution in [0.15, 0.2) is 0 Å². The van der Waals surface area contributed by atoms with Crippen LogP contribution in [0.5, 0.6) is 0 Å². The van der Waals surface area contributed by atoms with Crippen molar-refractivity contribution in [1.29, 1.82) is 0 Å². The van der Waals surface area contributed by atoms with Crippen LogP contribution in [0.3, 0.4) is 0 Å². The second-order valence-corrected chi connectivity index (χ2v) is 5.33. The van der Waals surface area contributed by atoms with E-state index in [0.717, 1.165) is 25.7 Å². The Morgan fingerprint density at radius 2 is 1.81 bits per heavy atom. The molecule has 0 saturated carbocycles. The molecule has 16 heavy (non-hydrogen) atoms. The summed E-state index contributed by atoms with van der Waals surface area (Å²) < 4.78 is 0. The Balaban J connectivity index is 1.83. The number of piperidine rings is 1. The molecule has 3 heteroatoms. The van der Waals surface area contributed by atoms with Gasteiger partial charge in [0, 0.05) is 24.0 Å². The molecule has 2 fully saturated rings. The van der Waals surface area contributed by atoms with Crippen molar-refractivity contribution in [2.45, 2.75) is 70.5 Å². The Hall–Kier alpha value is -0.570. The molecule has 0 aromatic heterocycles. The molecule has 2 N–H and O–H groups in total. The van der Waals surface area contributed by atoms with E-state index in [4.69, 9.17) is 0 Å². The first kappa shape index (κ1) is 11.9. The molecule has 2 unspecified atom stereocenters. The van der Waals surface area contributed by atoms with E-state index < -0.39 is 0 Å². The van der Waals surface area contributed by atoms with E-state index in [1.807, 2.05) is 0 Å². The molecule has 2 atom stereocenters. The third kappa shape index (κ3) is 2.57. The molecule has 2 rings (SSSR count). The van der Waals surface area contributed by atoms with Gasteiger partial charge in [0.1, 0.15) is 0 Å². The molecule has 0 spiro atoms. The van der Waals surface area contributed by atoms with Crippen LogP contribution in [-0.2, 0) is 4.79 Å². The Labute approximate surface area is 98.4 Å². The Morgan fingerprint density at radius 3 is 2.31 bits per heavy atom. The number of rotatable bonds is 4. The van der Waals surface area contributed by atoms with Gasteiger partial charge in [-0.05, 0) is 38.5 Å². The Kier molecular flexibility index (Phi) is 3.85. The van der Waals surface area contributed by atoms with Crippen molar-refractivity contribution in [3.8, 4) is 0 Å². The molecule has 92 valence electrons. The lowest BCUT2D eigenvalue weighted by Crippen LogP contribution is -2.49. The lowest BCUT2D eigenvalue weighted by molar-refractivity contribution is -0.126. The van der Waals surface area contributed by atoms with Gasteiger partial charge in [-0.25, -0.2) is 0 Å². The molecule has 0 aromatic rings. The molecule has 2 aliphatic heterocycles. The third-order valence-corrected chi connectivity index (χ3v) is 4.18. The van der Waals surface area contributed by atoms with E-state index in [9.17, 15) is 4.79 Å². The topological polar surface area (TPSA) is 41.1 Å². The van der Waals surface area contributed by atoms with E-state index in [0.29, 0.717) is 18.1 Å². The van der Waals surface area contributed by atoms with Gasteiger partial charge in [0.2, 0.25) is 5.91 Å². The van der Waals surface area contributed by atoms with Crippen molar-refractivity contribution in [1.82, 2.24) is 10.6 Å². The van der Waals surface area contributed by atoms with Crippen molar-refractivity contribution in [3.05, 3.63) is 0 Å². The number of amides is 1. The van der Waals surface area contributed by atoms with Crippen molar-refractivity contribution in [3.63, 3.8) is 0 Å². The third-order valence-electron chi connectivity index (χ3n) is 4.18. The largest absolute Gasteiger partial charge is 0.353 e. The van der Waals surface area contributed by atoms with Crippen LogP contribution < -0.4 is 10.6 Å². The summed E-state index contributed by atoms with van der Waals surface area (Å²) in [6.07, 6.45) is 6.76. The van der Waals surface area contributed by atoms with Crippen LogP contribution in [0.25, 0.3) is 0 Å². The average molecular weight is 224 g/mol. The summed E-state index contributed by atoms with van der Waals surface area (Å²) in [6.45, 7) is 4.19. The number of hydrogen-bond donors (Lipinski definition) is 2.